The van der Waals surface area contributed by atoms with Crippen LogP contribution in [0.2, 0.25) is 0 Å². The van der Waals surface area contributed by atoms with Crippen LogP contribution in [-0.4, -0.2) is 32.3 Å². The number of halogens is 1. The molecular weight excluding hydrogens is 399 g/mol. The van der Waals surface area contributed by atoms with Crippen molar-refractivity contribution in [3.63, 3.8) is 0 Å². The van der Waals surface area contributed by atoms with Crippen molar-refractivity contribution >= 4 is 29.2 Å². The van der Waals surface area contributed by atoms with Crippen LogP contribution in [0.1, 0.15) is 32.1 Å². The van der Waals surface area contributed by atoms with E-state index in [0.717, 1.165) is 25.7 Å². The highest BCUT2D eigenvalue weighted by Crippen LogP contribution is 2.62. The second kappa shape index (κ2) is 6.65. The molecule has 6 heteroatoms. The predicted octanol–water partition coefficient (Wildman–Crippen LogP) is 3.86. The summed E-state index contributed by atoms with van der Waals surface area (Å²) in [7, 11) is 3.52. The van der Waals surface area contributed by atoms with Crippen LogP contribution in [0.5, 0.6) is 0 Å². The van der Waals surface area contributed by atoms with Crippen LogP contribution in [-0.2, 0) is 17.3 Å². The number of methoxy groups -OCH3 is 2. The third-order valence-corrected chi connectivity index (χ3v) is 6.24. The Hall–Kier alpha value is -0.340. The molecule has 0 aromatic heterocycles. The third kappa shape index (κ3) is 2.57. The van der Waals surface area contributed by atoms with E-state index < -0.39 is 11.9 Å². The van der Waals surface area contributed by atoms with Crippen molar-refractivity contribution in [2.24, 2.45) is 23.7 Å². The van der Waals surface area contributed by atoms with Gasteiger partial charge in [-0.1, -0.05) is 6.08 Å². The summed E-state index contributed by atoms with van der Waals surface area (Å²) in [4.78, 5) is 11.4. The highest BCUT2D eigenvalue weighted by molar-refractivity contribution is 14.1. The van der Waals surface area contributed by atoms with Gasteiger partial charge in [0.25, 0.3) is 0 Å². The topological polar surface area (TPSA) is 54.0 Å². The maximum atomic E-state index is 11.4. The molecule has 3 aliphatic rings. The number of carbonyl (C=O) groups excluding carboxylic acids is 1. The van der Waals surface area contributed by atoms with Gasteiger partial charge in [-0.05, 0) is 50.0 Å². The zero-order chi connectivity index (χ0) is 15.7. The van der Waals surface area contributed by atoms with Gasteiger partial charge in [-0.15, -0.1) is 0 Å². The molecule has 2 saturated carbocycles. The molecule has 2 bridgehead atoms. The number of allylic oxidation sites excluding steroid dienone is 1. The van der Waals surface area contributed by atoms with Crippen molar-refractivity contribution in [3.05, 3.63) is 12.2 Å². The number of fused-ring (bicyclic) bond motifs is 5. The molecule has 0 N–H and O–H groups in total. The fourth-order valence-corrected chi connectivity index (χ4v) is 5.32. The monoisotopic (exact) mass is 422 g/mol. The Morgan fingerprint density at radius 3 is 2.45 bits per heavy atom. The minimum atomic E-state index is -0.625. The van der Waals surface area contributed by atoms with Crippen LogP contribution < -0.4 is 0 Å². The van der Waals surface area contributed by atoms with Crippen molar-refractivity contribution in [2.45, 2.75) is 44.0 Å². The SMILES string of the molecule is COC1(OC)C2CCC1C1CC(OC(=O)OI)/C=C/CCC12. The largest absolute Gasteiger partial charge is 0.518 e. The van der Waals surface area contributed by atoms with Crippen molar-refractivity contribution in [1.29, 1.82) is 0 Å². The zero-order valence-electron chi connectivity index (χ0n) is 13.0. The first kappa shape index (κ1) is 16.5. The van der Waals surface area contributed by atoms with E-state index in [0.29, 0.717) is 23.7 Å². The lowest BCUT2D eigenvalue weighted by Gasteiger charge is -2.33. The van der Waals surface area contributed by atoms with E-state index >= 15 is 0 Å². The quantitative estimate of drug-likeness (QED) is 0.299. The first-order chi connectivity index (χ1) is 10.7. The van der Waals surface area contributed by atoms with Crippen molar-refractivity contribution in [2.75, 3.05) is 14.2 Å². The van der Waals surface area contributed by atoms with E-state index in [1.807, 2.05) is 6.08 Å². The van der Waals surface area contributed by atoms with Crippen molar-refractivity contribution in [3.8, 4) is 0 Å². The minimum absolute atomic E-state index is 0.221. The average Bonchev–Trinajstić information content (AvgIpc) is 2.99. The Morgan fingerprint density at radius 1 is 1.14 bits per heavy atom. The Morgan fingerprint density at radius 2 is 1.82 bits per heavy atom. The molecule has 0 aromatic carbocycles. The van der Waals surface area contributed by atoms with Gasteiger partial charge in [0.1, 0.15) is 6.10 Å². The standard InChI is InChI=1S/C16H23IO5/c1-19-16(20-2)13-7-8-14(16)12-9-10(21-15(18)22-17)5-3-4-6-11(12)13/h3,5,10-14H,4,6-9H2,1-2H3/b5-3+. The minimum Gasteiger partial charge on any atom is -0.426 e. The molecule has 0 aromatic rings. The van der Waals surface area contributed by atoms with Gasteiger partial charge in [-0.3, -0.25) is 0 Å². The Labute approximate surface area is 145 Å². The molecule has 3 aliphatic carbocycles. The average molecular weight is 422 g/mol. The maximum Gasteiger partial charge on any atom is 0.518 e. The van der Waals surface area contributed by atoms with Gasteiger partial charge in [-0.2, -0.15) is 0 Å². The molecule has 0 heterocycles. The van der Waals surface area contributed by atoms with Crippen LogP contribution in [0.4, 0.5) is 4.79 Å². The Bertz CT molecular complexity index is 448. The summed E-state index contributed by atoms with van der Waals surface area (Å²) in [5.41, 5.74) is 0. The van der Waals surface area contributed by atoms with Crippen LogP contribution in [0.15, 0.2) is 12.2 Å². The highest BCUT2D eigenvalue weighted by atomic mass is 127. The van der Waals surface area contributed by atoms with E-state index in [4.69, 9.17) is 14.2 Å². The lowest BCUT2D eigenvalue weighted by molar-refractivity contribution is -0.239. The van der Waals surface area contributed by atoms with Crippen LogP contribution in [0.3, 0.4) is 0 Å². The highest BCUT2D eigenvalue weighted by Gasteiger charge is 2.64. The van der Waals surface area contributed by atoms with E-state index in [1.165, 1.54) is 6.42 Å². The second-order valence-electron chi connectivity index (χ2n) is 6.47. The molecular formula is C16H23IO5. The van der Waals surface area contributed by atoms with Crippen LogP contribution >= 0.6 is 23.0 Å². The number of hydrogen-bond donors (Lipinski definition) is 0. The summed E-state index contributed by atoms with van der Waals surface area (Å²) in [6, 6.07) is 0. The van der Waals surface area contributed by atoms with E-state index in [-0.39, 0.29) is 6.10 Å². The number of rotatable bonds is 3. The second-order valence-corrected chi connectivity index (χ2v) is 6.91. The van der Waals surface area contributed by atoms with Gasteiger partial charge in [0.15, 0.2) is 28.8 Å². The lowest BCUT2D eigenvalue weighted by atomic mass is 9.73. The predicted molar refractivity (Wildman–Crippen MR) is 88.3 cm³/mol. The fourth-order valence-electron chi connectivity index (χ4n) is 5.21. The fraction of sp³-hybridized carbons (Fsp3) is 0.812. The Balaban J connectivity index is 1.82. The normalized spacial score (nSPS) is 40.4. The van der Waals surface area contributed by atoms with Crippen molar-refractivity contribution < 1.29 is 22.1 Å². The smallest absolute Gasteiger partial charge is 0.426 e. The van der Waals surface area contributed by atoms with Gasteiger partial charge in [-0.25, -0.2) is 4.79 Å². The third-order valence-electron chi connectivity index (χ3n) is 5.88. The number of ether oxygens (including phenoxy) is 3. The first-order valence-corrected chi connectivity index (χ1v) is 8.80. The van der Waals surface area contributed by atoms with E-state index in [9.17, 15) is 4.79 Å². The number of carbonyl (C=O) groups is 1. The molecule has 0 aliphatic heterocycles. The Kier molecular flexibility index (Phi) is 4.99. The van der Waals surface area contributed by atoms with Gasteiger partial charge >= 0.3 is 6.16 Å². The summed E-state index contributed by atoms with van der Waals surface area (Å²) < 4.78 is 21.7. The van der Waals surface area contributed by atoms with Crippen LogP contribution in [0.25, 0.3) is 0 Å². The molecule has 3 rings (SSSR count). The molecule has 0 spiro atoms. The molecule has 5 nitrogen and oxygen atoms in total. The molecule has 5 unspecified atom stereocenters. The molecule has 5 atom stereocenters. The molecule has 124 valence electrons. The number of hydrogen-bond acceptors (Lipinski definition) is 5. The summed E-state index contributed by atoms with van der Waals surface area (Å²) in [5, 5.41) is 0. The lowest BCUT2D eigenvalue weighted by Crippen LogP contribution is -2.40. The first-order valence-electron chi connectivity index (χ1n) is 7.92. The van der Waals surface area contributed by atoms with Gasteiger partial charge in [0, 0.05) is 26.1 Å². The van der Waals surface area contributed by atoms with E-state index in [1.54, 1.807) is 37.2 Å². The molecule has 0 saturated heterocycles. The molecule has 0 radical (unpaired) electrons. The summed E-state index contributed by atoms with van der Waals surface area (Å²) in [5.74, 6) is 1.42. The molecule has 22 heavy (non-hydrogen) atoms. The summed E-state index contributed by atoms with van der Waals surface area (Å²) >= 11 is 1.56. The summed E-state index contributed by atoms with van der Waals surface area (Å²) in [6.45, 7) is 0. The van der Waals surface area contributed by atoms with Gasteiger partial charge in [0.2, 0.25) is 0 Å². The van der Waals surface area contributed by atoms with Gasteiger partial charge in [0.05, 0.1) is 0 Å². The van der Waals surface area contributed by atoms with Crippen molar-refractivity contribution in [1.82, 2.24) is 0 Å². The summed E-state index contributed by atoms with van der Waals surface area (Å²) in [6.07, 6.45) is 8.54. The van der Waals surface area contributed by atoms with E-state index in [2.05, 4.69) is 9.14 Å². The molecule has 2 fully saturated rings. The maximum absolute atomic E-state index is 11.4. The zero-order valence-corrected chi connectivity index (χ0v) is 15.2. The molecule has 0 amide bonds. The van der Waals surface area contributed by atoms with Crippen LogP contribution in [0, 0.1) is 23.7 Å². The van der Waals surface area contributed by atoms with Gasteiger partial charge < -0.3 is 17.3 Å².